The first-order valence-electron chi connectivity index (χ1n) is 5.36. The molecule has 0 spiro atoms. The molecule has 2 N–H and O–H groups in total. The van der Waals surface area contributed by atoms with Crippen LogP contribution in [0.1, 0.15) is 5.56 Å². The molecule has 0 radical (unpaired) electrons. The molecule has 2 rings (SSSR count). The third-order valence-electron chi connectivity index (χ3n) is 3.02. The molecule has 16 heavy (non-hydrogen) atoms. The molecule has 86 valence electrons. The van der Waals surface area contributed by atoms with Gasteiger partial charge in [-0.25, -0.2) is 4.79 Å². The highest BCUT2D eigenvalue weighted by molar-refractivity contribution is 5.65. The van der Waals surface area contributed by atoms with Gasteiger partial charge in [-0.1, -0.05) is 30.3 Å². The van der Waals surface area contributed by atoms with Crippen molar-refractivity contribution in [3.8, 4) is 0 Å². The van der Waals surface area contributed by atoms with Gasteiger partial charge in [0.1, 0.15) is 0 Å². The van der Waals surface area contributed by atoms with Crippen molar-refractivity contribution in [3.63, 3.8) is 0 Å². The van der Waals surface area contributed by atoms with E-state index >= 15 is 0 Å². The van der Waals surface area contributed by atoms with Crippen LogP contribution in [-0.4, -0.2) is 40.4 Å². The Morgan fingerprint density at radius 2 is 2.00 bits per heavy atom. The molecule has 1 aliphatic rings. The standard InChI is InChI=1S/C12H15NO3/c14-11-8-13(12(15)16)7-10(11)6-9-4-2-1-3-5-9/h1-5,10-11,14H,6-8H2,(H,15,16). The van der Waals surface area contributed by atoms with E-state index in [0.29, 0.717) is 6.54 Å². The Hall–Kier alpha value is -1.55. The first-order chi connectivity index (χ1) is 7.66. The van der Waals surface area contributed by atoms with Crippen molar-refractivity contribution < 1.29 is 15.0 Å². The molecule has 4 nitrogen and oxygen atoms in total. The summed E-state index contributed by atoms with van der Waals surface area (Å²) in [5.41, 5.74) is 1.14. The summed E-state index contributed by atoms with van der Waals surface area (Å²) < 4.78 is 0. The van der Waals surface area contributed by atoms with Gasteiger partial charge in [-0.15, -0.1) is 0 Å². The summed E-state index contributed by atoms with van der Waals surface area (Å²) >= 11 is 0. The van der Waals surface area contributed by atoms with Gasteiger partial charge >= 0.3 is 6.09 Å². The zero-order valence-corrected chi connectivity index (χ0v) is 8.91. The maximum atomic E-state index is 10.8. The van der Waals surface area contributed by atoms with E-state index < -0.39 is 12.2 Å². The summed E-state index contributed by atoms with van der Waals surface area (Å²) in [7, 11) is 0. The van der Waals surface area contributed by atoms with Crippen molar-refractivity contribution in [1.29, 1.82) is 0 Å². The fraction of sp³-hybridized carbons (Fsp3) is 0.417. The van der Waals surface area contributed by atoms with E-state index in [1.165, 1.54) is 4.90 Å². The van der Waals surface area contributed by atoms with Crippen LogP contribution >= 0.6 is 0 Å². The minimum atomic E-state index is -0.949. The number of β-amino-alcohol motifs (C(OH)–C–C–N with tert-alkyl or cyclic N) is 1. The molecule has 2 unspecified atom stereocenters. The molecule has 0 saturated carbocycles. The third kappa shape index (κ3) is 2.33. The van der Waals surface area contributed by atoms with Crippen molar-refractivity contribution in [1.82, 2.24) is 4.90 Å². The Labute approximate surface area is 94.1 Å². The second-order valence-electron chi connectivity index (χ2n) is 4.20. The zero-order chi connectivity index (χ0) is 11.5. The molecule has 1 amide bonds. The fourth-order valence-electron chi connectivity index (χ4n) is 2.13. The van der Waals surface area contributed by atoms with Gasteiger partial charge in [-0.2, -0.15) is 0 Å². The van der Waals surface area contributed by atoms with Gasteiger partial charge in [-0.05, 0) is 12.0 Å². The molecular weight excluding hydrogens is 206 g/mol. The number of aliphatic hydroxyl groups is 1. The summed E-state index contributed by atoms with van der Waals surface area (Å²) in [4.78, 5) is 12.0. The third-order valence-corrected chi connectivity index (χ3v) is 3.02. The predicted octanol–water partition coefficient (Wildman–Crippen LogP) is 1.20. The monoisotopic (exact) mass is 221 g/mol. The number of amides is 1. The van der Waals surface area contributed by atoms with Gasteiger partial charge in [-0.3, -0.25) is 0 Å². The van der Waals surface area contributed by atoms with Crippen molar-refractivity contribution >= 4 is 6.09 Å². The van der Waals surface area contributed by atoms with E-state index in [1.807, 2.05) is 30.3 Å². The number of benzene rings is 1. The lowest BCUT2D eigenvalue weighted by Gasteiger charge is -2.12. The Balaban J connectivity index is 1.99. The summed E-state index contributed by atoms with van der Waals surface area (Å²) in [6, 6.07) is 9.84. The van der Waals surface area contributed by atoms with Crippen molar-refractivity contribution in [2.24, 2.45) is 5.92 Å². The van der Waals surface area contributed by atoms with E-state index in [2.05, 4.69) is 0 Å². The van der Waals surface area contributed by atoms with Crippen molar-refractivity contribution in [2.45, 2.75) is 12.5 Å². The van der Waals surface area contributed by atoms with Crippen molar-refractivity contribution in [3.05, 3.63) is 35.9 Å². The minimum absolute atomic E-state index is 0.0125. The van der Waals surface area contributed by atoms with Crippen LogP contribution in [0.3, 0.4) is 0 Å². The van der Waals surface area contributed by atoms with Gasteiger partial charge in [0.15, 0.2) is 0 Å². The second-order valence-corrected chi connectivity index (χ2v) is 4.20. The molecule has 1 aliphatic heterocycles. The fourth-order valence-corrected chi connectivity index (χ4v) is 2.13. The van der Waals surface area contributed by atoms with Gasteiger partial charge in [0.05, 0.1) is 12.6 Å². The largest absolute Gasteiger partial charge is 0.465 e. The summed E-state index contributed by atoms with van der Waals surface area (Å²) in [5, 5.41) is 18.6. The van der Waals surface area contributed by atoms with E-state index in [-0.39, 0.29) is 12.5 Å². The Morgan fingerprint density at radius 1 is 1.31 bits per heavy atom. The summed E-state index contributed by atoms with van der Waals surface area (Å²) in [6.07, 6.45) is -0.767. The van der Waals surface area contributed by atoms with Crippen LogP contribution in [0, 0.1) is 5.92 Å². The lowest BCUT2D eigenvalue weighted by atomic mass is 9.97. The first kappa shape index (κ1) is 11.0. The smallest absolute Gasteiger partial charge is 0.407 e. The van der Waals surface area contributed by atoms with Crippen LogP contribution in [-0.2, 0) is 6.42 Å². The van der Waals surface area contributed by atoms with Crippen LogP contribution in [0.4, 0.5) is 4.79 Å². The number of nitrogens with zero attached hydrogens (tertiary/aromatic N) is 1. The molecule has 1 fully saturated rings. The van der Waals surface area contributed by atoms with Gasteiger partial charge in [0, 0.05) is 12.5 Å². The number of carboxylic acid groups (broad SMARTS) is 1. The Bertz CT molecular complexity index is 366. The van der Waals surface area contributed by atoms with E-state index in [0.717, 1.165) is 12.0 Å². The van der Waals surface area contributed by atoms with Gasteiger partial charge in [0.25, 0.3) is 0 Å². The quantitative estimate of drug-likeness (QED) is 0.788. The molecule has 1 heterocycles. The number of hydrogen-bond acceptors (Lipinski definition) is 2. The highest BCUT2D eigenvalue weighted by Gasteiger charge is 2.33. The number of rotatable bonds is 2. The van der Waals surface area contributed by atoms with Gasteiger partial charge in [0.2, 0.25) is 0 Å². The number of carbonyl (C=O) groups is 1. The highest BCUT2D eigenvalue weighted by atomic mass is 16.4. The number of likely N-dealkylation sites (tertiary alicyclic amines) is 1. The average Bonchev–Trinajstić information content (AvgIpc) is 2.62. The molecule has 0 bridgehead atoms. The maximum Gasteiger partial charge on any atom is 0.407 e. The van der Waals surface area contributed by atoms with Crippen LogP contribution in [0.5, 0.6) is 0 Å². The highest BCUT2D eigenvalue weighted by Crippen LogP contribution is 2.21. The van der Waals surface area contributed by atoms with Crippen LogP contribution in [0.25, 0.3) is 0 Å². The Morgan fingerprint density at radius 3 is 2.56 bits per heavy atom. The van der Waals surface area contributed by atoms with Crippen molar-refractivity contribution in [2.75, 3.05) is 13.1 Å². The molecule has 2 atom stereocenters. The zero-order valence-electron chi connectivity index (χ0n) is 8.91. The summed E-state index contributed by atoms with van der Waals surface area (Å²) in [6.45, 7) is 0.651. The topological polar surface area (TPSA) is 60.8 Å². The maximum absolute atomic E-state index is 10.8. The number of aliphatic hydroxyl groups excluding tert-OH is 1. The average molecular weight is 221 g/mol. The first-order valence-corrected chi connectivity index (χ1v) is 5.36. The van der Waals surface area contributed by atoms with E-state index in [9.17, 15) is 9.90 Å². The molecule has 0 aromatic heterocycles. The molecule has 1 saturated heterocycles. The van der Waals surface area contributed by atoms with E-state index in [1.54, 1.807) is 0 Å². The molecule has 1 aromatic carbocycles. The minimum Gasteiger partial charge on any atom is -0.465 e. The predicted molar refractivity (Wildman–Crippen MR) is 59.2 cm³/mol. The van der Waals surface area contributed by atoms with Crippen LogP contribution in [0.15, 0.2) is 30.3 Å². The SMILES string of the molecule is O=C(O)N1CC(O)C(Cc2ccccc2)C1. The van der Waals surface area contributed by atoms with E-state index in [4.69, 9.17) is 5.11 Å². The van der Waals surface area contributed by atoms with Crippen LogP contribution in [0.2, 0.25) is 0 Å². The molecular formula is C12H15NO3. The molecule has 1 aromatic rings. The lowest BCUT2D eigenvalue weighted by Crippen LogP contribution is -2.27. The molecule has 4 heteroatoms. The normalized spacial score (nSPS) is 24.7. The molecule has 0 aliphatic carbocycles. The second kappa shape index (κ2) is 4.53. The number of hydrogen-bond donors (Lipinski definition) is 2. The van der Waals surface area contributed by atoms with Crippen LogP contribution < -0.4 is 0 Å². The summed E-state index contributed by atoms with van der Waals surface area (Å²) in [5.74, 6) is 0.0125. The lowest BCUT2D eigenvalue weighted by molar-refractivity contribution is 0.131. The Kier molecular flexibility index (Phi) is 3.10. The van der Waals surface area contributed by atoms with Gasteiger partial charge < -0.3 is 15.1 Å².